The number of pyridine rings is 1. The highest BCUT2D eigenvalue weighted by atomic mass is 19.4. The van der Waals surface area contributed by atoms with Crippen LogP contribution in [0.4, 0.5) is 13.2 Å². The zero-order chi connectivity index (χ0) is 27.7. The number of nitrogens with zero attached hydrogens (tertiary/aromatic N) is 2. The Kier molecular flexibility index (Phi) is 16.3. The van der Waals surface area contributed by atoms with Crippen LogP contribution in [0.5, 0.6) is 0 Å². The lowest BCUT2D eigenvalue weighted by molar-refractivity contribution is -0.137. The molecule has 0 aliphatic heterocycles. The number of hydrogen-bond donors (Lipinski definition) is 1. The highest BCUT2D eigenvalue weighted by Crippen LogP contribution is 2.34. The smallest absolute Gasteiger partial charge is 0.397 e. The molecule has 1 aliphatic rings. The minimum Gasteiger partial charge on any atom is -0.397 e. The number of benzene rings is 1. The first-order chi connectivity index (χ1) is 17.2. The third-order valence-corrected chi connectivity index (χ3v) is 5.84. The molecule has 2 aromatic rings. The number of aryl methyl sites for hydroxylation is 1. The number of halogens is 3. The first-order valence-corrected chi connectivity index (χ1v) is 13.1. The summed E-state index contributed by atoms with van der Waals surface area (Å²) in [6.07, 6.45) is 5.34. The number of nitrogens with two attached hydrogens (primary N) is 1. The van der Waals surface area contributed by atoms with E-state index in [0.717, 1.165) is 31.7 Å². The number of hydrogen-bond acceptors (Lipinski definition) is 3. The van der Waals surface area contributed by atoms with Crippen molar-refractivity contribution >= 4 is 0 Å². The van der Waals surface area contributed by atoms with Crippen molar-refractivity contribution < 1.29 is 13.2 Å². The van der Waals surface area contributed by atoms with Gasteiger partial charge in [0.05, 0.1) is 17.0 Å². The maximum absolute atomic E-state index is 12.9. The maximum Gasteiger partial charge on any atom is 0.416 e. The summed E-state index contributed by atoms with van der Waals surface area (Å²) in [6.45, 7) is 18.6. The van der Waals surface area contributed by atoms with Gasteiger partial charge in [0.1, 0.15) is 0 Å². The van der Waals surface area contributed by atoms with E-state index in [1.807, 2.05) is 46.9 Å². The fourth-order valence-corrected chi connectivity index (χ4v) is 3.89. The summed E-state index contributed by atoms with van der Waals surface area (Å²) in [5, 5.41) is 0. The van der Waals surface area contributed by atoms with Gasteiger partial charge in [0.2, 0.25) is 0 Å². The standard InChI is InChI=1S/C19H25F3N2.C7H9N.2C2H6/c1-4-18(23)14(3)24(17-9-8-13(2)10-17)12-15-6-5-7-16(11-15)19(20,21)22;1-2-7-4-3-5-8-6-7;2*1-2/h4-7,11,13,17H,3,8-10,12,23H2,1-2H3;3-6H,2H2,1H3;2*1-2H3/b18-4-;;;. The van der Waals surface area contributed by atoms with Gasteiger partial charge < -0.3 is 10.6 Å². The van der Waals surface area contributed by atoms with Gasteiger partial charge in [0.15, 0.2) is 0 Å². The summed E-state index contributed by atoms with van der Waals surface area (Å²) in [5.41, 5.74) is 8.57. The molecule has 2 atom stereocenters. The second-order valence-corrected chi connectivity index (χ2v) is 8.30. The molecule has 36 heavy (non-hydrogen) atoms. The molecule has 0 spiro atoms. The summed E-state index contributed by atoms with van der Waals surface area (Å²) in [6, 6.07) is 9.78. The Morgan fingerprint density at radius 2 is 1.75 bits per heavy atom. The molecule has 1 heterocycles. The van der Waals surface area contributed by atoms with Crippen molar-refractivity contribution in [1.29, 1.82) is 0 Å². The van der Waals surface area contributed by atoms with Crippen molar-refractivity contribution in [1.82, 2.24) is 9.88 Å². The molecule has 0 radical (unpaired) electrons. The lowest BCUT2D eigenvalue weighted by Gasteiger charge is -2.33. The van der Waals surface area contributed by atoms with E-state index in [9.17, 15) is 13.2 Å². The van der Waals surface area contributed by atoms with Crippen LogP contribution in [0, 0.1) is 5.92 Å². The van der Waals surface area contributed by atoms with Crippen LogP contribution >= 0.6 is 0 Å². The summed E-state index contributed by atoms with van der Waals surface area (Å²) < 4.78 is 38.8. The van der Waals surface area contributed by atoms with E-state index < -0.39 is 11.7 Å². The molecule has 3 rings (SSSR count). The average Bonchev–Trinajstić information content (AvgIpc) is 3.35. The molecule has 1 saturated carbocycles. The highest BCUT2D eigenvalue weighted by Gasteiger charge is 2.31. The highest BCUT2D eigenvalue weighted by molar-refractivity contribution is 5.29. The van der Waals surface area contributed by atoms with Crippen molar-refractivity contribution in [3.63, 3.8) is 0 Å². The number of allylic oxidation sites excluding steroid dienone is 1. The van der Waals surface area contributed by atoms with Gasteiger partial charge in [0.25, 0.3) is 0 Å². The fraction of sp³-hybridized carbons (Fsp3) is 0.500. The van der Waals surface area contributed by atoms with Gasteiger partial charge in [-0.05, 0) is 67.9 Å². The van der Waals surface area contributed by atoms with Gasteiger partial charge in [-0.2, -0.15) is 13.2 Å². The molecule has 2 unspecified atom stereocenters. The van der Waals surface area contributed by atoms with E-state index >= 15 is 0 Å². The van der Waals surface area contributed by atoms with Crippen molar-refractivity contribution in [3.05, 3.63) is 89.5 Å². The topological polar surface area (TPSA) is 42.1 Å². The van der Waals surface area contributed by atoms with Crippen LogP contribution in [0.3, 0.4) is 0 Å². The van der Waals surface area contributed by atoms with E-state index in [4.69, 9.17) is 5.73 Å². The van der Waals surface area contributed by atoms with Crippen LogP contribution < -0.4 is 5.73 Å². The Bertz CT molecular complexity index is 892. The third-order valence-electron chi connectivity index (χ3n) is 5.84. The first-order valence-electron chi connectivity index (χ1n) is 13.1. The fourth-order valence-electron chi connectivity index (χ4n) is 3.89. The van der Waals surface area contributed by atoms with Gasteiger partial charge in [-0.1, -0.05) is 72.4 Å². The molecule has 0 bridgehead atoms. The molecule has 1 aromatic heterocycles. The van der Waals surface area contributed by atoms with E-state index in [2.05, 4.69) is 36.4 Å². The summed E-state index contributed by atoms with van der Waals surface area (Å²) >= 11 is 0. The zero-order valence-corrected chi connectivity index (χ0v) is 23.2. The first kappa shape index (κ1) is 33.2. The van der Waals surface area contributed by atoms with Crippen LogP contribution in [0.1, 0.15) is 84.4 Å². The Balaban J connectivity index is 0.000000850. The van der Waals surface area contributed by atoms with Crippen molar-refractivity contribution in [2.45, 2.75) is 92.9 Å². The summed E-state index contributed by atoms with van der Waals surface area (Å²) in [5.74, 6) is 0.610. The van der Waals surface area contributed by atoms with Gasteiger partial charge in [-0.3, -0.25) is 4.98 Å². The molecular weight excluding hydrogens is 459 g/mol. The lowest BCUT2D eigenvalue weighted by atomic mass is 10.1. The molecule has 1 aromatic carbocycles. The van der Waals surface area contributed by atoms with Gasteiger partial charge >= 0.3 is 6.18 Å². The van der Waals surface area contributed by atoms with Crippen LogP contribution in [0.2, 0.25) is 0 Å². The monoisotopic (exact) mass is 505 g/mol. The number of aromatic nitrogens is 1. The number of alkyl halides is 3. The summed E-state index contributed by atoms with van der Waals surface area (Å²) in [4.78, 5) is 6.02. The van der Waals surface area contributed by atoms with Gasteiger partial charge in [-0.15, -0.1) is 0 Å². The van der Waals surface area contributed by atoms with E-state index in [-0.39, 0.29) is 6.04 Å². The summed E-state index contributed by atoms with van der Waals surface area (Å²) in [7, 11) is 0. The SMILES string of the molecule is C=C(/C(N)=C/C)N(Cc1cccc(C(F)(F)F)c1)C1CCC(C)C1.CC.CC.CCc1cccnc1. The predicted octanol–water partition coefficient (Wildman–Crippen LogP) is 8.77. The Morgan fingerprint density at radius 1 is 1.11 bits per heavy atom. The third kappa shape index (κ3) is 11.3. The second kappa shape index (κ2) is 17.6. The molecule has 1 fully saturated rings. The molecule has 1 aliphatic carbocycles. The van der Waals surface area contributed by atoms with Crippen LogP contribution in [-0.2, 0) is 19.1 Å². The molecule has 0 amide bonds. The Labute approximate surface area is 217 Å². The van der Waals surface area contributed by atoms with Gasteiger partial charge in [-0.25, -0.2) is 0 Å². The van der Waals surface area contributed by atoms with Gasteiger partial charge in [0, 0.05) is 25.0 Å². The van der Waals surface area contributed by atoms with E-state index in [0.29, 0.717) is 29.4 Å². The number of rotatable bonds is 6. The minimum absolute atomic E-state index is 0.264. The second-order valence-electron chi connectivity index (χ2n) is 8.30. The van der Waals surface area contributed by atoms with Crippen LogP contribution in [0.15, 0.2) is 72.8 Å². The zero-order valence-electron chi connectivity index (χ0n) is 23.2. The quantitative estimate of drug-likeness (QED) is 0.399. The van der Waals surface area contributed by atoms with Crippen LogP contribution in [0.25, 0.3) is 0 Å². The molecule has 3 nitrogen and oxygen atoms in total. The molecule has 202 valence electrons. The largest absolute Gasteiger partial charge is 0.416 e. The molecule has 2 N–H and O–H groups in total. The normalized spacial score (nSPS) is 16.9. The van der Waals surface area contributed by atoms with Crippen LogP contribution in [-0.4, -0.2) is 15.9 Å². The maximum atomic E-state index is 12.9. The molecule has 0 saturated heterocycles. The van der Waals surface area contributed by atoms with Crippen molar-refractivity contribution in [2.75, 3.05) is 0 Å². The minimum atomic E-state index is -4.33. The van der Waals surface area contributed by atoms with Crippen molar-refractivity contribution in [2.24, 2.45) is 11.7 Å². The lowest BCUT2D eigenvalue weighted by Crippen LogP contribution is -2.34. The molecule has 6 heteroatoms. The Hall–Kier alpha value is -2.76. The Morgan fingerprint density at radius 3 is 2.19 bits per heavy atom. The van der Waals surface area contributed by atoms with Crippen molar-refractivity contribution in [3.8, 4) is 0 Å². The molecular formula is C30H46F3N3. The predicted molar refractivity (Wildman–Crippen MR) is 147 cm³/mol. The van der Waals surface area contributed by atoms with E-state index in [1.165, 1.54) is 17.7 Å². The average molecular weight is 506 g/mol. The van der Waals surface area contributed by atoms with E-state index in [1.54, 1.807) is 18.3 Å².